The third-order valence-corrected chi connectivity index (χ3v) is 6.12. The number of hydrogen-bond donors (Lipinski definition) is 2. The van der Waals surface area contributed by atoms with Crippen LogP contribution in [0.15, 0.2) is 42.5 Å². The van der Waals surface area contributed by atoms with Gasteiger partial charge in [0.15, 0.2) is 0 Å². The largest absolute Gasteiger partial charge is 0.326 e. The molecule has 28 heavy (non-hydrogen) atoms. The SMILES string of the molecule is CN1CCN(C2CCCc3ccc(NC(=O)c4ccc(CN)cc4)cc32)CC1. The normalized spacial score (nSPS) is 20.6. The van der Waals surface area contributed by atoms with Crippen molar-refractivity contribution in [1.29, 1.82) is 0 Å². The molecular formula is C23H30N4O. The van der Waals surface area contributed by atoms with Crippen molar-refractivity contribution in [3.8, 4) is 0 Å². The number of anilines is 1. The van der Waals surface area contributed by atoms with E-state index in [1.165, 1.54) is 24.0 Å². The first-order valence-electron chi connectivity index (χ1n) is 10.3. The van der Waals surface area contributed by atoms with Crippen LogP contribution in [0.25, 0.3) is 0 Å². The first kappa shape index (κ1) is 19.1. The zero-order valence-corrected chi connectivity index (χ0v) is 16.7. The molecule has 4 rings (SSSR count). The minimum atomic E-state index is -0.0736. The van der Waals surface area contributed by atoms with E-state index in [2.05, 4.69) is 34.3 Å². The van der Waals surface area contributed by atoms with E-state index in [9.17, 15) is 4.79 Å². The van der Waals surface area contributed by atoms with Gasteiger partial charge in [0.25, 0.3) is 5.91 Å². The Hall–Kier alpha value is -2.21. The number of amides is 1. The smallest absolute Gasteiger partial charge is 0.255 e. The molecule has 1 saturated heterocycles. The Bertz CT molecular complexity index is 825. The van der Waals surface area contributed by atoms with Crippen LogP contribution in [0, 0.1) is 0 Å². The first-order chi connectivity index (χ1) is 13.6. The number of benzene rings is 2. The van der Waals surface area contributed by atoms with Crippen LogP contribution in [-0.2, 0) is 13.0 Å². The Morgan fingerprint density at radius 3 is 2.57 bits per heavy atom. The molecule has 1 aliphatic heterocycles. The van der Waals surface area contributed by atoms with Crippen molar-refractivity contribution < 1.29 is 4.79 Å². The second-order valence-corrected chi connectivity index (χ2v) is 8.02. The van der Waals surface area contributed by atoms with Gasteiger partial charge in [-0.05, 0) is 67.3 Å². The highest BCUT2D eigenvalue weighted by atomic mass is 16.1. The van der Waals surface area contributed by atoms with E-state index in [-0.39, 0.29) is 5.91 Å². The maximum absolute atomic E-state index is 12.6. The maximum Gasteiger partial charge on any atom is 0.255 e. The average Bonchev–Trinajstić information content (AvgIpc) is 2.74. The van der Waals surface area contributed by atoms with Gasteiger partial charge in [0.05, 0.1) is 0 Å². The second-order valence-electron chi connectivity index (χ2n) is 8.02. The summed E-state index contributed by atoms with van der Waals surface area (Å²) in [6.07, 6.45) is 3.58. The zero-order valence-electron chi connectivity index (χ0n) is 16.7. The Kier molecular flexibility index (Phi) is 5.76. The molecule has 1 fully saturated rings. The molecule has 0 saturated carbocycles. The highest BCUT2D eigenvalue weighted by Crippen LogP contribution is 2.36. The summed E-state index contributed by atoms with van der Waals surface area (Å²) in [4.78, 5) is 17.7. The van der Waals surface area contributed by atoms with E-state index < -0.39 is 0 Å². The molecule has 2 aliphatic rings. The average molecular weight is 379 g/mol. The Morgan fingerprint density at radius 1 is 1.11 bits per heavy atom. The fourth-order valence-electron chi connectivity index (χ4n) is 4.36. The Labute approximate surface area is 167 Å². The molecule has 1 unspecified atom stereocenters. The predicted molar refractivity (Wildman–Crippen MR) is 113 cm³/mol. The van der Waals surface area contributed by atoms with E-state index in [0.717, 1.165) is 43.9 Å². The lowest BCUT2D eigenvalue weighted by molar-refractivity contribution is 0.102. The van der Waals surface area contributed by atoms with Crippen LogP contribution in [0.3, 0.4) is 0 Å². The fraction of sp³-hybridized carbons (Fsp3) is 0.435. The molecule has 1 aliphatic carbocycles. The molecule has 0 radical (unpaired) electrons. The van der Waals surface area contributed by atoms with Crippen LogP contribution in [0.2, 0.25) is 0 Å². The lowest BCUT2D eigenvalue weighted by Gasteiger charge is -2.40. The van der Waals surface area contributed by atoms with Crippen molar-refractivity contribution in [3.05, 3.63) is 64.7 Å². The van der Waals surface area contributed by atoms with Crippen molar-refractivity contribution in [2.75, 3.05) is 38.5 Å². The van der Waals surface area contributed by atoms with Gasteiger partial charge in [-0.25, -0.2) is 0 Å². The minimum absolute atomic E-state index is 0.0736. The lowest BCUT2D eigenvalue weighted by atomic mass is 9.86. The molecule has 5 nitrogen and oxygen atoms in total. The van der Waals surface area contributed by atoms with Crippen LogP contribution in [-0.4, -0.2) is 48.9 Å². The number of nitrogens with one attached hydrogen (secondary N) is 1. The maximum atomic E-state index is 12.6. The number of nitrogens with zero attached hydrogens (tertiary/aromatic N) is 2. The van der Waals surface area contributed by atoms with E-state index >= 15 is 0 Å². The van der Waals surface area contributed by atoms with Crippen molar-refractivity contribution in [1.82, 2.24) is 9.80 Å². The molecule has 5 heteroatoms. The zero-order chi connectivity index (χ0) is 19.5. The summed E-state index contributed by atoms with van der Waals surface area (Å²) >= 11 is 0. The summed E-state index contributed by atoms with van der Waals surface area (Å²) in [7, 11) is 2.19. The number of rotatable bonds is 4. The van der Waals surface area contributed by atoms with Crippen molar-refractivity contribution >= 4 is 11.6 Å². The summed E-state index contributed by atoms with van der Waals surface area (Å²) in [6, 6.07) is 14.4. The second kappa shape index (κ2) is 8.43. The first-order valence-corrected chi connectivity index (χ1v) is 10.3. The predicted octanol–water partition coefficient (Wildman–Crippen LogP) is 3.02. The van der Waals surface area contributed by atoms with E-state index in [0.29, 0.717) is 18.2 Å². The number of fused-ring (bicyclic) bond motifs is 1. The Balaban J connectivity index is 1.51. The number of hydrogen-bond acceptors (Lipinski definition) is 4. The van der Waals surface area contributed by atoms with Gasteiger partial charge in [0.1, 0.15) is 0 Å². The van der Waals surface area contributed by atoms with Crippen molar-refractivity contribution in [3.63, 3.8) is 0 Å². The Morgan fingerprint density at radius 2 is 1.86 bits per heavy atom. The summed E-state index contributed by atoms with van der Waals surface area (Å²) in [5.41, 5.74) is 11.0. The van der Waals surface area contributed by atoms with Gasteiger partial charge in [0.2, 0.25) is 0 Å². The quantitative estimate of drug-likeness (QED) is 0.859. The molecule has 2 aromatic carbocycles. The number of aryl methyl sites for hydroxylation is 1. The number of carbonyl (C=O) groups excluding carboxylic acids is 1. The van der Waals surface area contributed by atoms with Crippen LogP contribution in [0.4, 0.5) is 5.69 Å². The summed E-state index contributed by atoms with van der Waals surface area (Å²) < 4.78 is 0. The van der Waals surface area contributed by atoms with Crippen molar-refractivity contribution in [2.45, 2.75) is 31.8 Å². The molecule has 1 heterocycles. The van der Waals surface area contributed by atoms with Gasteiger partial charge >= 0.3 is 0 Å². The van der Waals surface area contributed by atoms with Gasteiger partial charge in [-0.15, -0.1) is 0 Å². The topological polar surface area (TPSA) is 61.6 Å². The van der Waals surface area contributed by atoms with Crippen molar-refractivity contribution in [2.24, 2.45) is 5.73 Å². The standard InChI is InChI=1S/C23H30N4O/c1-26-11-13-27(14-12-26)22-4-2-3-18-9-10-20(15-21(18)22)25-23(28)19-7-5-17(16-24)6-8-19/h5-10,15,22H,2-4,11-14,16,24H2,1H3,(H,25,28). The van der Waals surface area contributed by atoms with E-state index in [1.54, 1.807) is 0 Å². The molecule has 1 atom stereocenters. The van der Waals surface area contributed by atoms with Crippen LogP contribution in [0.1, 0.15) is 45.9 Å². The molecule has 1 amide bonds. The third kappa shape index (κ3) is 4.12. The highest BCUT2D eigenvalue weighted by Gasteiger charge is 2.28. The molecule has 0 bridgehead atoms. The molecule has 2 aromatic rings. The number of nitrogens with two attached hydrogens (primary N) is 1. The van der Waals surface area contributed by atoms with Gasteiger partial charge < -0.3 is 16.0 Å². The van der Waals surface area contributed by atoms with Gasteiger partial charge in [0, 0.05) is 50.0 Å². The third-order valence-electron chi connectivity index (χ3n) is 6.12. The van der Waals surface area contributed by atoms with Crippen LogP contribution >= 0.6 is 0 Å². The van der Waals surface area contributed by atoms with Crippen LogP contribution < -0.4 is 11.1 Å². The number of carbonyl (C=O) groups is 1. The fourth-order valence-corrected chi connectivity index (χ4v) is 4.36. The molecular weight excluding hydrogens is 348 g/mol. The summed E-state index contributed by atoms with van der Waals surface area (Å²) in [6.45, 7) is 4.97. The number of likely N-dealkylation sites (N-methyl/N-ethyl adjacent to an activating group) is 1. The lowest BCUT2D eigenvalue weighted by Crippen LogP contribution is -2.46. The molecule has 0 spiro atoms. The molecule has 3 N–H and O–H groups in total. The van der Waals surface area contributed by atoms with Crippen LogP contribution in [0.5, 0.6) is 0 Å². The van der Waals surface area contributed by atoms with Gasteiger partial charge in [-0.3, -0.25) is 9.69 Å². The number of piperazine rings is 1. The summed E-state index contributed by atoms with van der Waals surface area (Å²) in [5, 5.41) is 3.08. The molecule has 148 valence electrons. The van der Waals surface area contributed by atoms with Gasteiger partial charge in [-0.2, -0.15) is 0 Å². The van der Waals surface area contributed by atoms with E-state index in [1.807, 2.05) is 30.3 Å². The van der Waals surface area contributed by atoms with Gasteiger partial charge in [-0.1, -0.05) is 18.2 Å². The van der Waals surface area contributed by atoms with E-state index in [4.69, 9.17) is 5.73 Å². The summed E-state index contributed by atoms with van der Waals surface area (Å²) in [5.74, 6) is -0.0736. The monoisotopic (exact) mass is 378 g/mol. The molecule has 0 aromatic heterocycles. The minimum Gasteiger partial charge on any atom is -0.326 e. The highest BCUT2D eigenvalue weighted by molar-refractivity contribution is 6.04.